The minimum atomic E-state index is -1.61. The Morgan fingerprint density at radius 3 is 2.56 bits per heavy atom. The Labute approximate surface area is 90.2 Å². The number of pyridine rings is 1. The van der Waals surface area contributed by atoms with Crippen LogP contribution in [0.3, 0.4) is 0 Å². The topological polar surface area (TPSA) is 115 Å². The van der Waals surface area contributed by atoms with E-state index in [1.165, 1.54) is 18.3 Å². The second kappa shape index (κ2) is 4.75. The summed E-state index contributed by atoms with van der Waals surface area (Å²) in [5, 5.41) is 25.9. The van der Waals surface area contributed by atoms with Gasteiger partial charge >= 0.3 is 12.2 Å². The second-order valence-corrected chi connectivity index (χ2v) is 2.76. The first kappa shape index (κ1) is 11.5. The average molecular weight is 221 g/mol. The van der Waals surface area contributed by atoms with Crippen molar-refractivity contribution in [3.8, 4) is 6.07 Å². The Hall–Kier alpha value is -2.62. The number of hydrogen-bond acceptors (Lipinski definition) is 4. The minimum Gasteiger partial charge on any atom is -0.465 e. The molecule has 0 aliphatic heterocycles. The Morgan fingerprint density at radius 2 is 2.06 bits per heavy atom. The summed E-state index contributed by atoms with van der Waals surface area (Å²) in [6.45, 7) is -0.464. The molecule has 1 aromatic heterocycles. The van der Waals surface area contributed by atoms with E-state index in [1.807, 2.05) is 0 Å². The molecule has 0 atom stereocenters. The van der Waals surface area contributed by atoms with Gasteiger partial charge in [0, 0.05) is 6.20 Å². The number of imide groups is 1. The van der Waals surface area contributed by atoms with Gasteiger partial charge in [0.1, 0.15) is 6.07 Å². The van der Waals surface area contributed by atoms with Gasteiger partial charge < -0.3 is 10.2 Å². The summed E-state index contributed by atoms with van der Waals surface area (Å²) in [7, 11) is 0. The van der Waals surface area contributed by atoms with Crippen molar-refractivity contribution in [1.82, 2.24) is 9.88 Å². The van der Waals surface area contributed by atoms with Crippen LogP contribution in [0.1, 0.15) is 11.3 Å². The maximum absolute atomic E-state index is 10.6. The highest BCUT2D eigenvalue weighted by atomic mass is 16.4. The quantitative estimate of drug-likeness (QED) is 0.772. The molecule has 2 amide bonds. The van der Waals surface area contributed by atoms with Crippen LogP contribution in [0.15, 0.2) is 18.3 Å². The molecule has 0 radical (unpaired) electrons. The highest BCUT2D eigenvalue weighted by Crippen LogP contribution is 2.07. The number of amides is 2. The summed E-state index contributed by atoms with van der Waals surface area (Å²) < 4.78 is 0. The molecule has 1 heterocycles. The number of aromatic nitrogens is 1. The third-order valence-electron chi connectivity index (χ3n) is 1.78. The lowest BCUT2D eigenvalue weighted by Crippen LogP contribution is -2.34. The van der Waals surface area contributed by atoms with Crippen LogP contribution < -0.4 is 0 Å². The molecule has 0 unspecified atom stereocenters. The van der Waals surface area contributed by atoms with Crippen LogP contribution >= 0.6 is 0 Å². The predicted octanol–water partition coefficient (Wildman–Crippen LogP) is 1.11. The zero-order valence-corrected chi connectivity index (χ0v) is 7.99. The number of hydrogen-bond donors (Lipinski definition) is 2. The molecule has 0 aromatic carbocycles. The fraction of sp³-hybridized carbons (Fsp3) is 0.111. The van der Waals surface area contributed by atoms with Crippen LogP contribution in [0.5, 0.6) is 0 Å². The summed E-state index contributed by atoms with van der Waals surface area (Å²) in [6, 6.07) is 4.75. The Balaban J connectivity index is 2.99. The molecule has 0 saturated heterocycles. The van der Waals surface area contributed by atoms with Crippen molar-refractivity contribution in [3.05, 3.63) is 29.6 Å². The molecule has 0 aliphatic rings. The maximum atomic E-state index is 10.6. The average Bonchev–Trinajstić information content (AvgIpc) is 2.25. The summed E-state index contributed by atoms with van der Waals surface area (Å²) in [4.78, 5) is 25.1. The molecule has 82 valence electrons. The van der Waals surface area contributed by atoms with Crippen LogP contribution in [-0.2, 0) is 6.54 Å². The molecular formula is C9H7N3O4. The van der Waals surface area contributed by atoms with E-state index >= 15 is 0 Å². The summed E-state index contributed by atoms with van der Waals surface area (Å²) in [5.74, 6) is 0. The first-order valence-electron chi connectivity index (χ1n) is 4.13. The number of carbonyl (C=O) groups is 2. The molecule has 7 nitrogen and oxygen atoms in total. The summed E-state index contributed by atoms with van der Waals surface area (Å²) >= 11 is 0. The second-order valence-electron chi connectivity index (χ2n) is 2.76. The number of rotatable bonds is 2. The van der Waals surface area contributed by atoms with Crippen molar-refractivity contribution in [1.29, 1.82) is 5.26 Å². The van der Waals surface area contributed by atoms with Gasteiger partial charge in [-0.25, -0.2) is 14.5 Å². The molecule has 1 aromatic rings. The van der Waals surface area contributed by atoms with Crippen molar-refractivity contribution in [3.63, 3.8) is 0 Å². The fourth-order valence-corrected chi connectivity index (χ4v) is 1.03. The van der Waals surface area contributed by atoms with Crippen LogP contribution in [-0.4, -0.2) is 32.3 Å². The largest absolute Gasteiger partial charge is 0.465 e. The molecule has 1 rings (SSSR count). The lowest BCUT2D eigenvalue weighted by atomic mass is 10.2. The van der Waals surface area contributed by atoms with E-state index in [1.54, 1.807) is 6.07 Å². The van der Waals surface area contributed by atoms with Crippen molar-refractivity contribution in [2.45, 2.75) is 6.54 Å². The molecule has 2 N–H and O–H groups in total. The third-order valence-corrected chi connectivity index (χ3v) is 1.78. The standard InChI is InChI=1S/C9H7N3O4/c10-4-6-2-1-3-11-7(6)5-12(8(13)14)9(15)16/h1-3H,5H2,(H,13,14)(H,15,16). The summed E-state index contributed by atoms with van der Waals surface area (Å²) in [5.41, 5.74) is 0.254. The van der Waals surface area contributed by atoms with Gasteiger partial charge in [0.15, 0.2) is 0 Å². The van der Waals surface area contributed by atoms with Crippen LogP contribution in [0, 0.1) is 11.3 Å². The first-order valence-corrected chi connectivity index (χ1v) is 4.13. The van der Waals surface area contributed by atoms with Crippen molar-refractivity contribution in [2.75, 3.05) is 0 Å². The van der Waals surface area contributed by atoms with Gasteiger partial charge in [-0.1, -0.05) is 0 Å². The van der Waals surface area contributed by atoms with Gasteiger partial charge in [0.2, 0.25) is 0 Å². The van der Waals surface area contributed by atoms with Crippen molar-refractivity contribution >= 4 is 12.2 Å². The molecule has 0 bridgehead atoms. The van der Waals surface area contributed by atoms with E-state index < -0.39 is 18.7 Å². The highest BCUT2D eigenvalue weighted by molar-refractivity contribution is 5.85. The van der Waals surface area contributed by atoms with Crippen LogP contribution in [0.25, 0.3) is 0 Å². The van der Waals surface area contributed by atoms with Crippen molar-refractivity contribution < 1.29 is 19.8 Å². The van der Waals surface area contributed by atoms with E-state index in [9.17, 15) is 9.59 Å². The SMILES string of the molecule is N#Cc1cccnc1CN(C(=O)O)C(=O)O. The Bertz CT molecular complexity index is 452. The van der Waals surface area contributed by atoms with Gasteiger partial charge in [0.25, 0.3) is 0 Å². The predicted molar refractivity (Wildman–Crippen MR) is 50.5 cm³/mol. The van der Waals surface area contributed by atoms with Gasteiger partial charge in [0.05, 0.1) is 17.8 Å². The van der Waals surface area contributed by atoms with E-state index in [2.05, 4.69) is 4.98 Å². The third kappa shape index (κ3) is 2.45. The smallest absolute Gasteiger partial charge is 0.417 e. The van der Waals surface area contributed by atoms with E-state index in [-0.39, 0.29) is 16.2 Å². The zero-order valence-electron chi connectivity index (χ0n) is 7.99. The van der Waals surface area contributed by atoms with Crippen molar-refractivity contribution in [2.24, 2.45) is 0 Å². The monoisotopic (exact) mass is 221 g/mol. The molecular weight excluding hydrogens is 214 g/mol. The number of carboxylic acid groups (broad SMARTS) is 2. The van der Waals surface area contributed by atoms with Gasteiger partial charge in [-0.3, -0.25) is 4.98 Å². The van der Waals surface area contributed by atoms with Gasteiger partial charge in [-0.15, -0.1) is 0 Å². The van der Waals surface area contributed by atoms with E-state index in [4.69, 9.17) is 15.5 Å². The first-order chi connectivity index (χ1) is 7.56. The van der Waals surface area contributed by atoms with Gasteiger partial charge in [-0.05, 0) is 12.1 Å². The molecule has 16 heavy (non-hydrogen) atoms. The lowest BCUT2D eigenvalue weighted by molar-refractivity contribution is 0.120. The Kier molecular flexibility index (Phi) is 3.40. The highest BCUT2D eigenvalue weighted by Gasteiger charge is 2.21. The minimum absolute atomic E-state index is 0.106. The molecule has 0 aliphatic carbocycles. The molecule has 0 saturated carbocycles. The molecule has 0 spiro atoms. The zero-order chi connectivity index (χ0) is 12.1. The summed E-state index contributed by atoms with van der Waals surface area (Å²) in [6.07, 6.45) is -1.86. The number of nitrogens with zero attached hydrogens (tertiary/aromatic N) is 3. The van der Waals surface area contributed by atoms with Gasteiger partial charge in [-0.2, -0.15) is 5.26 Å². The lowest BCUT2D eigenvalue weighted by Gasteiger charge is -2.12. The fourth-order valence-electron chi connectivity index (χ4n) is 1.03. The maximum Gasteiger partial charge on any atom is 0.417 e. The normalized spacial score (nSPS) is 9.19. The van der Waals surface area contributed by atoms with E-state index in [0.717, 1.165) is 0 Å². The van der Waals surface area contributed by atoms with E-state index in [0.29, 0.717) is 0 Å². The number of nitriles is 1. The molecule has 0 fully saturated rings. The van der Waals surface area contributed by atoms with Crippen LogP contribution in [0.4, 0.5) is 9.59 Å². The molecule has 7 heteroatoms. The Morgan fingerprint density at radius 1 is 1.44 bits per heavy atom. The van der Waals surface area contributed by atoms with Crippen LogP contribution in [0.2, 0.25) is 0 Å².